The molecule has 1 aromatic rings. The Morgan fingerprint density at radius 2 is 2.14 bits per heavy atom. The molecular weight excluding hydrogens is 270 g/mol. The van der Waals surface area contributed by atoms with E-state index in [4.69, 9.17) is 0 Å². The SMILES string of the molecule is CNCCN(C)C(=O)N1Cc2ccccc2C(C(=O)O)C1. The highest BCUT2D eigenvalue weighted by atomic mass is 16.4. The Labute approximate surface area is 124 Å². The Balaban J connectivity index is 2.17. The van der Waals surface area contributed by atoms with Crippen molar-refractivity contribution in [3.05, 3.63) is 35.4 Å². The fraction of sp³-hybridized carbons (Fsp3) is 0.467. The number of urea groups is 1. The molecule has 2 rings (SSSR count). The first-order valence-electron chi connectivity index (χ1n) is 7.00. The standard InChI is InChI=1S/C15H21N3O3/c1-16-7-8-17(2)15(21)18-9-11-5-3-4-6-12(11)13(10-18)14(19)20/h3-6,13,16H,7-10H2,1-2H3,(H,19,20). The maximum atomic E-state index is 12.4. The predicted octanol–water partition coefficient (Wildman–Crippen LogP) is 0.942. The van der Waals surface area contributed by atoms with Crippen LogP contribution in [0.15, 0.2) is 24.3 Å². The summed E-state index contributed by atoms with van der Waals surface area (Å²) < 4.78 is 0. The van der Waals surface area contributed by atoms with Gasteiger partial charge in [0, 0.05) is 33.2 Å². The van der Waals surface area contributed by atoms with Crippen LogP contribution in [0.3, 0.4) is 0 Å². The normalized spacial score (nSPS) is 17.2. The fourth-order valence-corrected chi connectivity index (χ4v) is 2.58. The van der Waals surface area contributed by atoms with Gasteiger partial charge in [-0.25, -0.2) is 4.79 Å². The smallest absolute Gasteiger partial charge is 0.320 e. The van der Waals surface area contributed by atoms with Gasteiger partial charge in [-0.05, 0) is 18.2 Å². The van der Waals surface area contributed by atoms with Crippen LogP contribution in [0.2, 0.25) is 0 Å². The molecule has 0 aliphatic carbocycles. The van der Waals surface area contributed by atoms with Crippen molar-refractivity contribution in [2.24, 2.45) is 0 Å². The van der Waals surface area contributed by atoms with Crippen molar-refractivity contribution >= 4 is 12.0 Å². The quantitative estimate of drug-likeness (QED) is 0.866. The molecule has 1 unspecified atom stereocenters. The van der Waals surface area contributed by atoms with Gasteiger partial charge >= 0.3 is 12.0 Å². The molecule has 0 aromatic heterocycles. The molecule has 0 saturated carbocycles. The van der Waals surface area contributed by atoms with E-state index in [0.717, 1.165) is 11.1 Å². The van der Waals surface area contributed by atoms with Crippen molar-refractivity contribution in [3.8, 4) is 0 Å². The van der Waals surface area contributed by atoms with Gasteiger partial charge in [-0.15, -0.1) is 0 Å². The molecule has 6 nitrogen and oxygen atoms in total. The summed E-state index contributed by atoms with van der Waals surface area (Å²) in [4.78, 5) is 27.1. The Morgan fingerprint density at radius 3 is 2.81 bits per heavy atom. The summed E-state index contributed by atoms with van der Waals surface area (Å²) in [7, 11) is 3.56. The zero-order valence-corrected chi connectivity index (χ0v) is 12.4. The van der Waals surface area contributed by atoms with Gasteiger partial charge in [0.2, 0.25) is 0 Å². The number of benzene rings is 1. The van der Waals surface area contributed by atoms with Crippen LogP contribution < -0.4 is 5.32 Å². The van der Waals surface area contributed by atoms with E-state index in [0.29, 0.717) is 19.6 Å². The van der Waals surface area contributed by atoms with E-state index < -0.39 is 11.9 Å². The number of aliphatic carboxylic acids is 1. The van der Waals surface area contributed by atoms with E-state index in [1.807, 2.05) is 31.3 Å². The van der Waals surface area contributed by atoms with Crippen LogP contribution >= 0.6 is 0 Å². The molecule has 1 atom stereocenters. The number of rotatable bonds is 4. The lowest BCUT2D eigenvalue weighted by Gasteiger charge is -2.35. The van der Waals surface area contributed by atoms with Crippen LogP contribution in [0.25, 0.3) is 0 Å². The summed E-state index contributed by atoms with van der Waals surface area (Å²) in [6.07, 6.45) is 0. The Kier molecular flexibility index (Phi) is 4.80. The van der Waals surface area contributed by atoms with Gasteiger partial charge in [0.25, 0.3) is 0 Å². The number of carboxylic acid groups (broad SMARTS) is 1. The average molecular weight is 291 g/mol. The molecular formula is C15H21N3O3. The van der Waals surface area contributed by atoms with E-state index in [-0.39, 0.29) is 12.6 Å². The zero-order chi connectivity index (χ0) is 15.4. The van der Waals surface area contributed by atoms with Crippen LogP contribution in [0.1, 0.15) is 17.0 Å². The second-order valence-electron chi connectivity index (χ2n) is 5.28. The summed E-state index contributed by atoms with van der Waals surface area (Å²) in [6.45, 7) is 1.97. The highest BCUT2D eigenvalue weighted by Crippen LogP contribution is 2.28. The molecule has 2 amide bonds. The maximum Gasteiger partial charge on any atom is 0.320 e. The number of nitrogens with one attached hydrogen (secondary N) is 1. The molecule has 2 N–H and O–H groups in total. The number of hydrogen-bond donors (Lipinski definition) is 2. The topological polar surface area (TPSA) is 72.9 Å². The first kappa shape index (κ1) is 15.3. The van der Waals surface area contributed by atoms with Crippen molar-refractivity contribution < 1.29 is 14.7 Å². The molecule has 0 radical (unpaired) electrons. The molecule has 0 fully saturated rings. The van der Waals surface area contributed by atoms with Crippen molar-refractivity contribution in [3.63, 3.8) is 0 Å². The van der Waals surface area contributed by atoms with E-state index in [9.17, 15) is 14.7 Å². The number of carboxylic acids is 1. The van der Waals surface area contributed by atoms with Crippen LogP contribution in [-0.2, 0) is 11.3 Å². The third-order valence-corrected chi connectivity index (χ3v) is 3.79. The summed E-state index contributed by atoms with van der Waals surface area (Å²) in [6, 6.07) is 7.30. The van der Waals surface area contributed by atoms with Crippen molar-refractivity contribution in [1.29, 1.82) is 0 Å². The van der Waals surface area contributed by atoms with Crippen LogP contribution in [0.4, 0.5) is 4.79 Å². The number of carbonyl (C=O) groups is 2. The minimum atomic E-state index is -0.891. The van der Waals surface area contributed by atoms with E-state index in [1.165, 1.54) is 0 Å². The van der Waals surface area contributed by atoms with E-state index >= 15 is 0 Å². The second kappa shape index (κ2) is 6.58. The zero-order valence-electron chi connectivity index (χ0n) is 12.4. The number of likely N-dealkylation sites (N-methyl/N-ethyl adjacent to an activating group) is 2. The van der Waals surface area contributed by atoms with E-state index in [2.05, 4.69) is 5.32 Å². The summed E-state index contributed by atoms with van der Waals surface area (Å²) in [5.41, 5.74) is 1.72. The predicted molar refractivity (Wildman–Crippen MR) is 79.2 cm³/mol. The van der Waals surface area contributed by atoms with Gasteiger partial charge in [-0.1, -0.05) is 24.3 Å². The third kappa shape index (κ3) is 3.33. The number of amides is 2. The van der Waals surface area contributed by atoms with Gasteiger partial charge in [0.05, 0.1) is 5.92 Å². The van der Waals surface area contributed by atoms with E-state index in [1.54, 1.807) is 16.8 Å². The minimum Gasteiger partial charge on any atom is -0.481 e. The summed E-state index contributed by atoms with van der Waals surface area (Å²) in [5, 5.41) is 12.4. The summed E-state index contributed by atoms with van der Waals surface area (Å²) in [5.74, 6) is -1.55. The van der Waals surface area contributed by atoms with Gasteiger partial charge < -0.3 is 20.2 Å². The first-order chi connectivity index (χ1) is 10.0. The molecule has 21 heavy (non-hydrogen) atoms. The average Bonchev–Trinajstić information content (AvgIpc) is 2.50. The molecule has 114 valence electrons. The Morgan fingerprint density at radius 1 is 1.43 bits per heavy atom. The lowest BCUT2D eigenvalue weighted by atomic mass is 9.90. The molecule has 1 aliphatic rings. The lowest BCUT2D eigenvalue weighted by molar-refractivity contribution is -0.139. The Bertz CT molecular complexity index is 533. The highest BCUT2D eigenvalue weighted by Gasteiger charge is 2.33. The van der Waals surface area contributed by atoms with Gasteiger partial charge in [-0.3, -0.25) is 4.79 Å². The molecule has 0 spiro atoms. The first-order valence-corrected chi connectivity index (χ1v) is 7.00. The second-order valence-corrected chi connectivity index (χ2v) is 5.28. The lowest BCUT2D eigenvalue weighted by Crippen LogP contribution is -2.47. The van der Waals surface area contributed by atoms with Crippen molar-refractivity contribution in [2.45, 2.75) is 12.5 Å². The van der Waals surface area contributed by atoms with Crippen molar-refractivity contribution in [2.75, 3.05) is 33.7 Å². The van der Waals surface area contributed by atoms with Gasteiger partial charge in [0.1, 0.15) is 0 Å². The number of fused-ring (bicyclic) bond motifs is 1. The molecule has 0 bridgehead atoms. The molecule has 0 saturated heterocycles. The Hall–Kier alpha value is -2.08. The molecule has 1 aliphatic heterocycles. The van der Waals surface area contributed by atoms with Crippen LogP contribution in [0, 0.1) is 0 Å². The fourth-order valence-electron chi connectivity index (χ4n) is 2.58. The highest BCUT2D eigenvalue weighted by molar-refractivity contribution is 5.80. The molecule has 1 aromatic carbocycles. The number of hydrogen-bond acceptors (Lipinski definition) is 3. The van der Waals surface area contributed by atoms with Crippen molar-refractivity contribution in [1.82, 2.24) is 15.1 Å². The van der Waals surface area contributed by atoms with Crippen LogP contribution in [0.5, 0.6) is 0 Å². The van der Waals surface area contributed by atoms with Gasteiger partial charge in [0.15, 0.2) is 0 Å². The van der Waals surface area contributed by atoms with Gasteiger partial charge in [-0.2, -0.15) is 0 Å². The molecule has 1 heterocycles. The summed E-state index contributed by atoms with van der Waals surface area (Å²) >= 11 is 0. The van der Waals surface area contributed by atoms with Crippen LogP contribution in [-0.4, -0.2) is 60.6 Å². The number of nitrogens with zero attached hydrogens (tertiary/aromatic N) is 2. The monoisotopic (exact) mass is 291 g/mol. The third-order valence-electron chi connectivity index (χ3n) is 3.79. The molecule has 6 heteroatoms. The minimum absolute atomic E-state index is 0.133. The number of carbonyl (C=O) groups excluding carboxylic acids is 1. The largest absolute Gasteiger partial charge is 0.481 e. The maximum absolute atomic E-state index is 12.4.